The maximum absolute atomic E-state index is 12.6. The van der Waals surface area contributed by atoms with Gasteiger partial charge in [0.05, 0.1) is 33.0 Å². The van der Waals surface area contributed by atoms with Gasteiger partial charge in [0.15, 0.2) is 0 Å². The quantitative estimate of drug-likeness (QED) is 0.0353. The smallest absolute Gasteiger partial charge is 0.305 e. The first-order valence-corrected chi connectivity index (χ1v) is 37.7. The van der Waals surface area contributed by atoms with E-state index >= 15 is 0 Å². The second kappa shape index (κ2) is 70.2. The Kier molecular flexibility index (Phi) is 68.3. The highest BCUT2D eigenvalue weighted by Crippen LogP contribution is 2.16. The summed E-state index contributed by atoms with van der Waals surface area (Å²) in [4.78, 5) is 57.9. The van der Waals surface area contributed by atoms with E-state index in [1.807, 2.05) is 0 Å². The molecular weight excluding hydrogens is 1070 g/mol. The molecule has 0 bridgehead atoms. The van der Waals surface area contributed by atoms with E-state index in [9.17, 15) is 24.3 Å². The van der Waals surface area contributed by atoms with Crippen molar-refractivity contribution in [2.45, 2.75) is 362 Å². The van der Waals surface area contributed by atoms with E-state index in [1.54, 1.807) is 0 Å². The van der Waals surface area contributed by atoms with Crippen molar-refractivity contribution >= 4 is 23.9 Å². The molecule has 0 rings (SSSR count). The topological polar surface area (TPSA) is 135 Å². The summed E-state index contributed by atoms with van der Waals surface area (Å²) in [5.74, 6) is -0.275. The van der Waals surface area contributed by atoms with Crippen LogP contribution in [0.15, 0.2) is 0 Å². The third-order valence-electron chi connectivity index (χ3n) is 17.3. The lowest BCUT2D eigenvalue weighted by Crippen LogP contribution is -2.42. The summed E-state index contributed by atoms with van der Waals surface area (Å²) in [6, 6.07) is 0. The van der Waals surface area contributed by atoms with Crippen molar-refractivity contribution < 1.29 is 43.2 Å². The first-order valence-electron chi connectivity index (χ1n) is 37.7. The Hall–Kier alpha value is -2.28. The largest absolute Gasteiger partial charge is 0.466 e. The number of aliphatic hydroxyl groups excluding tert-OH is 1. The molecule has 0 aromatic heterocycles. The molecule has 0 aliphatic carbocycles. The van der Waals surface area contributed by atoms with Gasteiger partial charge in [-0.3, -0.25) is 24.1 Å². The van der Waals surface area contributed by atoms with Gasteiger partial charge in [0.25, 0.3) is 0 Å². The van der Waals surface area contributed by atoms with Crippen LogP contribution in [0.2, 0.25) is 0 Å². The molecular formula is C74H145N3O9. The van der Waals surface area contributed by atoms with Gasteiger partial charge in [-0.25, -0.2) is 0 Å². The number of aliphatic hydroxyl groups is 1. The zero-order chi connectivity index (χ0) is 62.5. The highest BCUT2D eigenvalue weighted by atomic mass is 16.5. The van der Waals surface area contributed by atoms with Crippen LogP contribution in [0.4, 0.5) is 0 Å². The molecule has 12 nitrogen and oxygen atoms in total. The maximum atomic E-state index is 12.6. The SMILES string of the molecule is CCCCCCCCCCCOC(=O)CCCCCN(CCCCCC(=O)OCCCCCCCCCCC)CCN(CCO)CCN(CCCCCC(=O)OCCCCCCCCCCC)CCCCCC(=O)OCCCCCCCCCCC. The zero-order valence-corrected chi connectivity index (χ0v) is 57.7. The summed E-state index contributed by atoms with van der Waals surface area (Å²) in [5, 5.41) is 10.3. The van der Waals surface area contributed by atoms with E-state index in [2.05, 4.69) is 42.4 Å². The molecule has 0 aromatic carbocycles. The molecule has 0 aliphatic rings. The van der Waals surface area contributed by atoms with Gasteiger partial charge in [-0.15, -0.1) is 0 Å². The van der Waals surface area contributed by atoms with Gasteiger partial charge in [-0.05, 0) is 103 Å². The molecule has 12 heteroatoms. The molecule has 1 N–H and O–H groups in total. The molecule has 0 spiro atoms. The summed E-state index contributed by atoms with van der Waals surface area (Å²) in [7, 11) is 0. The summed E-state index contributed by atoms with van der Waals surface area (Å²) in [6.45, 7) is 19.2. The lowest BCUT2D eigenvalue weighted by atomic mass is 10.1. The van der Waals surface area contributed by atoms with Crippen LogP contribution in [-0.2, 0) is 38.1 Å². The van der Waals surface area contributed by atoms with Gasteiger partial charge < -0.3 is 33.9 Å². The van der Waals surface area contributed by atoms with Crippen LogP contribution in [0.25, 0.3) is 0 Å². The number of carbonyl (C=O) groups is 4. The standard InChI is InChI=1S/C74H145N3O9/c1-5-9-13-17-21-25-29-33-49-67-83-71(79)53-41-37-45-57-75(58-46-38-42-54-72(80)84-68-50-34-30-26-22-18-14-10-6-2)61-63-77(65-66-78)64-62-76(59-47-39-43-55-73(81)85-69-51-35-31-27-23-19-15-11-7-3)60-48-40-44-56-74(82)86-70-52-36-32-28-24-20-16-12-8-4/h78H,5-70H2,1-4H3. The molecule has 0 aromatic rings. The Morgan fingerprint density at radius 1 is 0.221 bits per heavy atom. The number of unbranched alkanes of at least 4 members (excludes halogenated alkanes) is 40. The van der Waals surface area contributed by atoms with Crippen LogP contribution in [0, 0.1) is 0 Å². The van der Waals surface area contributed by atoms with Crippen LogP contribution >= 0.6 is 0 Å². The number of ether oxygens (including phenoxy) is 4. The second-order valence-electron chi connectivity index (χ2n) is 25.7. The minimum Gasteiger partial charge on any atom is -0.466 e. The highest BCUT2D eigenvalue weighted by molar-refractivity contribution is 5.70. The highest BCUT2D eigenvalue weighted by Gasteiger charge is 2.15. The Morgan fingerprint density at radius 2 is 0.395 bits per heavy atom. The van der Waals surface area contributed by atoms with Gasteiger partial charge in [0.1, 0.15) is 0 Å². The maximum Gasteiger partial charge on any atom is 0.305 e. The lowest BCUT2D eigenvalue weighted by Gasteiger charge is -2.30. The molecule has 0 aliphatic heterocycles. The third kappa shape index (κ3) is 64.7. The molecule has 0 saturated heterocycles. The van der Waals surface area contributed by atoms with Crippen LogP contribution < -0.4 is 0 Å². The van der Waals surface area contributed by atoms with E-state index in [4.69, 9.17) is 18.9 Å². The molecule has 0 unspecified atom stereocenters. The van der Waals surface area contributed by atoms with E-state index in [0.29, 0.717) is 58.7 Å². The van der Waals surface area contributed by atoms with Gasteiger partial charge in [0.2, 0.25) is 0 Å². The minimum absolute atomic E-state index is 0.0687. The predicted molar refractivity (Wildman–Crippen MR) is 363 cm³/mol. The summed E-state index contributed by atoms with van der Waals surface area (Å²) in [6.07, 6.45) is 58.2. The first kappa shape index (κ1) is 83.7. The molecule has 510 valence electrons. The summed E-state index contributed by atoms with van der Waals surface area (Å²) >= 11 is 0. The molecule has 0 atom stereocenters. The predicted octanol–water partition coefficient (Wildman–Crippen LogP) is 19.4. The summed E-state index contributed by atoms with van der Waals surface area (Å²) in [5.41, 5.74) is 0. The molecule has 0 heterocycles. The van der Waals surface area contributed by atoms with Crippen LogP contribution in [0.3, 0.4) is 0 Å². The number of hydrogen-bond acceptors (Lipinski definition) is 12. The lowest BCUT2D eigenvalue weighted by molar-refractivity contribution is -0.144. The van der Waals surface area contributed by atoms with E-state index in [0.717, 1.165) is 181 Å². The number of carbonyl (C=O) groups excluding carboxylic acids is 4. The van der Waals surface area contributed by atoms with Crippen molar-refractivity contribution in [3.8, 4) is 0 Å². The fraction of sp³-hybridized carbons (Fsp3) is 0.946. The Labute approximate surface area is 533 Å². The van der Waals surface area contributed by atoms with Gasteiger partial charge in [0, 0.05) is 58.4 Å². The van der Waals surface area contributed by atoms with Gasteiger partial charge in [-0.2, -0.15) is 0 Å². The number of esters is 4. The average Bonchev–Trinajstić information content (AvgIpc) is 3.55. The number of nitrogens with zero attached hydrogens (tertiary/aromatic N) is 3. The fourth-order valence-electron chi connectivity index (χ4n) is 11.5. The number of rotatable bonds is 72. The van der Waals surface area contributed by atoms with Crippen LogP contribution in [-0.4, -0.2) is 136 Å². The summed E-state index contributed by atoms with van der Waals surface area (Å²) < 4.78 is 22.4. The Bertz CT molecular complexity index is 1230. The van der Waals surface area contributed by atoms with Gasteiger partial charge >= 0.3 is 23.9 Å². The van der Waals surface area contributed by atoms with E-state index in [1.165, 1.54) is 180 Å². The van der Waals surface area contributed by atoms with Crippen molar-refractivity contribution in [3.05, 3.63) is 0 Å². The van der Waals surface area contributed by atoms with E-state index in [-0.39, 0.29) is 30.5 Å². The van der Waals surface area contributed by atoms with Crippen molar-refractivity contribution in [2.75, 3.05) is 91.9 Å². The second-order valence-corrected chi connectivity index (χ2v) is 25.7. The van der Waals surface area contributed by atoms with E-state index < -0.39 is 0 Å². The van der Waals surface area contributed by atoms with Crippen molar-refractivity contribution in [3.63, 3.8) is 0 Å². The van der Waals surface area contributed by atoms with Gasteiger partial charge in [-0.1, -0.05) is 259 Å². The van der Waals surface area contributed by atoms with Crippen LogP contribution in [0.1, 0.15) is 362 Å². The minimum atomic E-state index is -0.0687. The average molecular weight is 1220 g/mol. The molecule has 86 heavy (non-hydrogen) atoms. The molecule has 0 fully saturated rings. The first-order chi connectivity index (χ1) is 42.3. The molecule has 0 radical (unpaired) electrons. The zero-order valence-electron chi connectivity index (χ0n) is 57.7. The fourth-order valence-corrected chi connectivity index (χ4v) is 11.5. The molecule has 0 amide bonds. The van der Waals surface area contributed by atoms with Crippen LogP contribution in [0.5, 0.6) is 0 Å². The third-order valence-corrected chi connectivity index (χ3v) is 17.3. The molecule has 0 saturated carbocycles. The Morgan fingerprint density at radius 3 is 0.593 bits per heavy atom. The normalized spacial score (nSPS) is 11.6. The monoisotopic (exact) mass is 1220 g/mol. The van der Waals surface area contributed by atoms with Crippen molar-refractivity contribution in [1.82, 2.24) is 14.7 Å². The van der Waals surface area contributed by atoms with Crippen molar-refractivity contribution in [2.24, 2.45) is 0 Å². The number of hydrogen-bond donors (Lipinski definition) is 1. The van der Waals surface area contributed by atoms with Crippen molar-refractivity contribution in [1.29, 1.82) is 0 Å². The Balaban J connectivity index is 5.29.